The van der Waals surface area contributed by atoms with Crippen LogP contribution in [0.4, 0.5) is 5.69 Å². The molecule has 1 aromatic rings. The number of benzene rings is 1. The van der Waals surface area contributed by atoms with Crippen LogP contribution >= 0.6 is 0 Å². The summed E-state index contributed by atoms with van der Waals surface area (Å²) in [5.41, 5.74) is 7.90. The molecule has 0 saturated heterocycles. The molecule has 0 amide bonds. The Balaban J connectivity index is 1.99. The lowest BCUT2D eigenvalue weighted by Crippen LogP contribution is -2.04. The highest BCUT2D eigenvalue weighted by Crippen LogP contribution is 2.21. The fraction of sp³-hybridized carbons (Fsp3) is 0.385. The minimum Gasteiger partial charge on any atom is -0.399 e. The fourth-order valence-corrected chi connectivity index (χ4v) is 2.01. The van der Waals surface area contributed by atoms with Crippen molar-refractivity contribution in [1.29, 1.82) is 0 Å². The maximum atomic E-state index is 5.65. The molecule has 2 rings (SSSR count). The number of anilines is 1. The van der Waals surface area contributed by atoms with E-state index in [-0.39, 0.29) is 0 Å². The molecular weight excluding hydrogens is 170 g/mol. The Kier molecular flexibility index (Phi) is 2.87. The van der Waals surface area contributed by atoms with Crippen molar-refractivity contribution < 1.29 is 0 Å². The number of hydrogen-bond acceptors (Lipinski definition) is 1. The van der Waals surface area contributed by atoms with E-state index in [9.17, 15) is 0 Å². The normalized spacial score (nSPS) is 21.0. The summed E-state index contributed by atoms with van der Waals surface area (Å²) in [6.07, 6.45) is 9.78. The highest BCUT2D eigenvalue weighted by Gasteiger charge is 2.08. The Morgan fingerprint density at radius 1 is 1.21 bits per heavy atom. The van der Waals surface area contributed by atoms with Crippen LogP contribution in [0.15, 0.2) is 36.4 Å². The molecule has 1 aliphatic carbocycles. The second-order valence-electron chi connectivity index (χ2n) is 4.06. The first-order chi connectivity index (χ1) is 6.84. The Hall–Kier alpha value is -1.24. The third kappa shape index (κ3) is 2.38. The molecule has 0 fully saturated rings. The molecule has 1 aromatic carbocycles. The van der Waals surface area contributed by atoms with Crippen molar-refractivity contribution >= 4 is 5.69 Å². The topological polar surface area (TPSA) is 26.0 Å². The maximum absolute atomic E-state index is 5.65. The molecule has 1 atom stereocenters. The van der Waals surface area contributed by atoms with Gasteiger partial charge in [0, 0.05) is 5.69 Å². The third-order valence-electron chi connectivity index (χ3n) is 2.83. The lowest BCUT2D eigenvalue weighted by Gasteiger charge is -2.16. The zero-order chi connectivity index (χ0) is 9.80. The Morgan fingerprint density at radius 2 is 2.00 bits per heavy atom. The minimum atomic E-state index is 0.743. The van der Waals surface area contributed by atoms with Crippen LogP contribution in [-0.4, -0.2) is 0 Å². The van der Waals surface area contributed by atoms with Crippen molar-refractivity contribution in [2.75, 3.05) is 5.73 Å². The lowest BCUT2D eigenvalue weighted by molar-refractivity contribution is 0.539. The SMILES string of the molecule is Nc1ccc(CC2C=CCCC2)cc1. The second-order valence-corrected chi connectivity index (χ2v) is 4.06. The quantitative estimate of drug-likeness (QED) is 0.558. The smallest absolute Gasteiger partial charge is 0.0314 e. The van der Waals surface area contributed by atoms with E-state index < -0.39 is 0 Å². The molecule has 1 unspecified atom stereocenters. The van der Waals surface area contributed by atoms with Crippen molar-refractivity contribution in [2.45, 2.75) is 25.7 Å². The van der Waals surface area contributed by atoms with Gasteiger partial charge in [0.1, 0.15) is 0 Å². The van der Waals surface area contributed by atoms with Gasteiger partial charge in [0.25, 0.3) is 0 Å². The summed E-state index contributed by atoms with van der Waals surface area (Å²) in [6, 6.07) is 8.25. The van der Waals surface area contributed by atoms with Crippen LogP contribution in [-0.2, 0) is 6.42 Å². The lowest BCUT2D eigenvalue weighted by atomic mass is 9.90. The van der Waals surface area contributed by atoms with Crippen LogP contribution in [0.25, 0.3) is 0 Å². The summed E-state index contributed by atoms with van der Waals surface area (Å²) in [7, 11) is 0. The molecule has 0 heterocycles. The Bertz CT molecular complexity index is 311. The van der Waals surface area contributed by atoms with Gasteiger partial charge in [-0.15, -0.1) is 0 Å². The van der Waals surface area contributed by atoms with Crippen LogP contribution < -0.4 is 5.73 Å². The van der Waals surface area contributed by atoms with E-state index >= 15 is 0 Å². The van der Waals surface area contributed by atoms with Gasteiger partial charge in [0.15, 0.2) is 0 Å². The number of nitrogen functional groups attached to an aromatic ring is 1. The van der Waals surface area contributed by atoms with E-state index in [1.807, 2.05) is 12.1 Å². The fourth-order valence-electron chi connectivity index (χ4n) is 2.01. The molecule has 0 radical (unpaired) electrons. The monoisotopic (exact) mass is 187 g/mol. The predicted molar refractivity (Wildman–Crippen MR) is 61.0 cm³/mol. The van der Waals surface area contributed by atoms with E-state index in [0.29, 0.717) is 0 Å². The van der Waals surface area contributed by atoms with Crippen LogP contribution in [0.1, 0.15) is 24.8 Å². The maximum Gasteiger partial charge on any atom is 0.0314 e. The zero-order valence-corrected chi connectivity index (χ0v) is 8.45. The van der Waals surface area contributed by atoms with Crippen LogP contribution in [0.5, 0.6) is 0 Å². The van der Waals surface area contributed by atoms with Crippen molar-refractivity contribution in [2.24, 2.45) is 5.92 Å². The summed E-state index contributed by atoms with van der Waals surface area (Å²) in [5.74, 6) is 0.743. The van der Waals surface area contributed by atoms with Gasteiger partial charge in [0.05, 0.1) is 0 Å². The highest BCUT2D eigenvalue weighted by molar-refractivity contribution is 5.39. The van der Waals surface area contributed by atoms with Crippen molar-refractivity contribution in [1.82, 2.24) is 0 Å². The summed E-state index contributed by atoms with van der Waals surface area (Å²) in [6.45, 7) is 0. The molecule has 0 bridgehead atoms. The van der Waals surface area contributed by atoms with E-state index in [2.05, 4.69) is 24.3 Å². The standard InChI is InChI=1S/C13H17N/c14-13-8-6-12(7-9-13)10-11-4-2-1-3-5-11/h2,4,6-9,11H,1,3,5,10,14H2. The van der Waals surface area contributed by atoms with Crippen LogP contribution in [0, 0.1) is 5.92 Å². The van der Waals surface area contributed by atoms with Gasteiger partial charge in [-0.3, -0.25) is 0 Å². The Labute approximate surface area is 85.6 Å². The molecular formula is C13H17N. The van der Waals surface area contributed by atoms with Gasteiger partial charge in [-0.1, -0.05) is 24.3 Å². The van der Waals surface area contributed by atoms with Gasteiger partial charge in [-0.05, 0) is 49.3 Å². The second kappa shape index (κ2) is 4.32. The predicted octanol–water partition coefficient (Wildman–Crippen LogP) is 3.17. The number of nitrogens with two attached hydrogens (primary N) is 1. The van der Waals surface area contributed by atoms with Crippen molar-refractivity contribution in [3.8, 4) is 0 Å². The minimum absolute atomic E-state index is 0.743. The van der Waals surface area contributed by atoms with E-state index in [1.165, 1.54) is 24.8 Å². The van der Waals surface area contributed by atoms with Gasteiger partial charge in [-0.2, -0.15) is 0 Å². The summed E-state index contributed by atoms with van der Waals surface area (Å²) in [5, 5.41) is 0. The van der Waals surface area contributed by atoms with Gasteiger partial charge < -0.3 is 5.73 Å². The van der Waals surface area contributed by atoms with Crippen LogP contribution in [0.2, 0.25) is 0 Å². The summed E-state index contributed by atoms with van der Waals surface area (Å²) in [4.78, 5) is 0. The number of rotatable bonds is 2. The molecule has 2 N–H and O–H groups in total. The molecule has 74 valence electrons. The van der Waals surface area contributed by atoms with Crippen LogP contribution in [0.3, 0.4) is 0 Å². The number of allylic oxidation sites excluding steroid dienone is 2. The first-order valence-corrected chi connectivity index (χ1v) is 5.36. The van der Waals surface area contributed by atoms with Crippen molar-refractivity contribution in [3.63, 3.8) is 0 Å². The zero-order valence-electron chi connectivity index (χ0n) is 8.45. The third-order valence-corrected chi connectivity index (χ3v) is 2.83. The van der Waals surface area contributed by atoms with Gasteiger partial charge in [0.2, 0.25) is 0 Å². The number of hydrogen-bond donors (Lipinski definition) is 1. The molecule has 14 heavy (non-hydrogen) atoms. The average Bonchev–Trinajstić information content (AvgIpc) is 2.23. The Morgan fingerprint density at radius 3 is 2.64 bits per heavy atom. The summed E-state index contributed by atoms with van der Waals surface area (Å²) >= 11 is 0. The molecule has 0 aliphatic heterocycles. The van der Waals surface area contributed by atoms with Gasteiger partial charge in [-0.25, -0.2) is 0 Å². The van der Waals surface area contributed by atoms with E-state index in [1.54, 1.807) is 0 Å². The van der Waals surface area contributed by atoms with E-state index in [4.69, 9.17) is 5.73 Å². The molecule has 0 aromatic heterocycles. The molecule has 1 nitrogen and oxygen atoms in total. The molecule has 1 aliphatic rings. The molecule has 1 heteroatoms. The molecule has 0 saturated carbocycles. The van der Waals surface area contributed by atoms with E-state index in [0.717, 1.165) is 18.0 Å². The highest BCUT2D eigenvalue weighted by atomic mass is 14.5. The molecule has 0 spiro atoms. The summed E-state index contributed by atoms with van der Waals surface area (Å²) < 4.78 is 0. The first kappa shape index (κ1) is 9.32. The van der Waals surface area contributed by atoms with Gasteiger partial charge >= 0.3 is 0 Å². The van der Waals surface area contributed by atoms with Crippen molar-refractivity contribution in [3.05, 3.63) is 42.0 Å². The average molecular weight is 187 g/mol. The largest absolute Gasteiger partial charge is 0.399 e. The first-order valence-electron chi connectivity index (χ1n) is 5.36.